The molecule has 0 saturated heterocycles. The van der Waals surface area contributed by atoms with Gasteiger partial charge >= 0.3 is 0 Å². The van der Waals surface area contributed by atoms with Crippen LogP contribution in [0.15, 0.2) is 36.5 Å². The Morgan fingerprint density at radius 3 is 2.06 bits per heavy atom. The van der Waals surface area contributed by atoms with Crippen molar-refractivity contribution in [2.75, 3.05) is 0 Å². The van der Waals surface area contributed by atoms with E-state index in [9.17, 15) is 4.39 Å². The number of rotatable bonds is 14. The number of aromatic nitrogens is 1. The van der Waals surface area contributed by atoms with Gasteiger partial charge in [0.25, 0.3) is 0 Å². The average molecular weight is 452 g/mol. The minimum atomic E-state index is -0.135. The van der Waals surface area contributed by atoms with E-state index in [1.807, 2.05) is 18.3 Å². The van der Waals surface area contributed by atoms with Crippen molar-refractivity contribution in [3.8, 4) is 11.3 Å². The summed E-state index contributed by atoms with van der Waals surface area (Å²) in [6.07, 6.45) is 23.0. The predicted molar refractivity (Wildman–Crippen MR) is 140 cm³/mol. The van der Waals surface area contributed by atoms with Gasteiger partial charge in [-0.1, -0.05) is 103 Å². The lowest BCUT2D eigenvalue weighted by molar-refractivity contribution is 0.248. The van der Waals surface area contributed by atoms with Gasteiger partial charge in [-0.05, 0) is 66.8 Å². The number of aryl methyl sites for hydroxylation is 2. The average Bonchev–Trinajstić information content (AvgIpc) is 2.85. The van der Waals surface area contributed by atoms with Crippen LogP contribution >= 0.6 is 0 Å². The molecule has 1 heterocycles. The largest absolute Gasteiger partial charge is 0.256 e. The zero-order valence-corrected chi connectivity index (χ0v) is 21.3. The molecule has 33 heavy (non-hydrogen) atoms. The first-order chi connectivity index (χ1) is 16.2. The lowest BCUT2D eigenvalue weighted by Gasteiger charge is -2.28. The maximum atomic E-state index is 14.8. The Hall–Kier alpha value is -1.70. The van der Waals surface area contributed by atoms with Crippen LogP contribution in [-0.4, -0.2) is 4.98 Å². The summed E-state index contributed by atoms with van der Waals surface area (Å²) in [5, 5.41) is 0. The highest BCUT2D eigenvalue weighted by atomic mass is 19.1. The normalized spacial score (nSPS) is 18.5. The van der Waals surface area contributed by atoms with E-state index < -0.39 is 0 Å². The van der Waals surface area contributed by atoms with Gasteiger partial charge in [0.05, 0.1) is 5.69 Å². The lowest BCUT2D eigenvalue weighted by Crippen LogP contribution is -2.15. The van der Waals surface area contributed by atoms with Crippen LogP contribution in [-0.2, 0) is 12.8 Å². The van der Waals surface area contributed by atoms with Crippen molar-refractivity contribution in [3.05, 3.63) is 53.5 Å². The van der Waals surface area contributed by atoms with E-state index in [0.29, 0.717) is 5.56 Å². The van der Waals surface area contributed by atoms with Gasteiger partial charge in [-0.15, -0.1) is 0 Å². The summed E-state index contributed by atoms with van der Waals surface area (Å²) in [4.78, 5) is 4.52. The van der Waals surface area contributed by atoms with Crippen LogP contribution in [0.2, 0.25) is 0 Å². The second kappa shape index (κ2) is 14.5. The molecule has 1 nitrogen and oxygen atoms in total. The first-order valence-electron chi connectivity index (χ1n) is 13.9. The van der Waals surface area contributed by atoms with Crippen LogP contribution in [0.3, 0.4) is 0 Å². The Morgan fingerprint density at radius 2 is 1.39 bits per heavy atom. The van der Waals surface area contributed by atoms with Crippen LogP contribution in [0.1, 0.15) is 115 Å². The zero-order valence-electron chi connectivity index (χ0n) is 21.3. The Labute approximate surface area is 202 Å². The molecule has 1 aliphatic rings. The van der Waals surface area contributed by atoms with Gasteiger partial charge in [0, 0.05) is 11.8 Å². The van der Waals surface area contributed by atoms with Crippen molar-refractivity contribution in [1.82, 2.24) is 4.98 Å². The van der Waals surface area contributed by atoms with Crippen molar-refractivity contribution in [2.24, 2.45) is 11.8 Å². The maximum absolute atomic E-state index is 14.8. The van der Waals surface area contributed by atoms with E-state index in [1.54, 1.807) is 6.07 Å². The fourth-order valence-corrected chi connectivity index (χ4v) is 5.43. The fraction of sp³-hybridized carbons (Fsp3) is 0.645. The van der Waals surface area contributed by atoms with Crippen LogP contribution in [0, 0.1) is 17.7 Å². The fourth-order valence-electron chi connectivity index (χ4n) is 5.43. The topological polar surface area (TPSA) is 12.9 Å². The molecule has 0 spiro atoms. The van der Waals surface area contributed by atoms with Gasteiger partial charge in [0.1, 0.15) is 5.82 Å². The van der Waals surface area contributed by atoms with Crippen LogP contribution < -0.4 is 0 Å². The van der Waals surface area contributed by atoms with Crippen molar-refractivity contribution >= 4 is 0 Å². The zero-order chi connectivity index (χ0) is 23.3. The number of benzene rings is 1. The van der Waals surface area contributed by atoms with Gasteiger partial charge in [-0.25, -0.2) is 4.39 Å². The molecular formula is C31H46FN. The van der Waals surface area contributed by atoms with E-state index in [1.165, 1.54) is 95.5 Å². The summed E-state index contributed by atoms with van der Waals surface area (Å²) in [7, 11) is 0. The molecule has 0 radical (unpaired) electrons. The molecule has 1 aromatic heterocycles. The van der Waals surface area contributed by atoms with Crippen LogP contribution in [0.25, 0.3) is 11.3 Å². The third-order valence-electron chi connectivity index (χ3n) is 7.73. The molecule has 1 aliphatic carbocycles. The third kappa shape index (κ3) is 8.87. The van der Waals surface area contributed by atoms with Gasteiger partial charge in [-0.3, -0.25) is 4.98 Å². The second-order valence-electron chi connectivity index (χ2n) is 10.5. The minimum Gasteiger partial charge on any atom is -0.256 e. The molecule has 2 aromatic rings. The van der Waals surface area contributed by atoms with E-state index in [2.05, 4.69) is 31.0 Å². The first kappa shape index (κ1) is 25.9. The summed E-state index contributed by atoms with van der Waals surface area (Å²) in [5.74, 6) is 1.65. The highest BCUT2D eigenvalue weighted by molar-refractivity contribution is 5.60. The molecule has 2 heteroatoms. The van der Waals surface area contributed by atoms with Crippen LogP contribution in [0.5, 0.6) is 0 Å². The Morgan fingerprint density at radius 1 is 0.727 bits per heavy atom. The van der Waals surface area contributed by atoms with Crippen LogP contribution in [0.4, 0.5) is 4.39 Å². The monoisotopic (exact) mass is 451 g/mol. The maximum Gasteiger partial charge on any atom is 0.132 e. The molecule has 1 fully saturated rings. The quantitative estimate of drug-likeness (QED) is 0.260. The van der Waals surface area contributed by atoms with E-state index >= 15 is 0 Å². The summed E-state index contributed by atoms with van der Waals surface area (Å²) in [6, 6.07) is 9.83. The number of nitrogens with zero attached hydrogens (tertiary/aromatic N) is 1. The molecule has 0 bridgehead atoms. The van der Waals surface area contributed by atoms with Crippen molar-refractivity contribution in [3.63, 3.8) is 0 Å². The molecule has 0 N–H and O–H groups in total. The van der Waals surface area contributed by atoms with E-state index in [4.69, 9.17) is 0 Å². The molecule has 1 saturated carbocycles. The highest BCUT2D eigenvalue weighted by Gasteiger charge is 2.21. The summed E-state index contributed by atoms with van der Waals surface area (Å²) < 4.78 is 14.8. The Bertz CT molecular complexity index is 789. The third-order valence-corrected chi connectivity index (χ3v) is 7.73. The van der Waals surface area contributed by atoms with Gasteiger partial charge in [-0.2, -0.15) is 0 Å². The Kier molecular flexibility index (Phi) is 11.4. The number of pyridine rings is 1. The molecule has 0 aliphatic heterocycles. The van der Waals surface area contributed by atoms with E-state index in [0.717, 1.165) is 35.9 Å². The number of hydrogen-bond donors (Lipinski definition) is 0. The lowest BCUT2D eigenvalue weighted by atomic mass is 9.77. The SMILES string of the molecule is CCCCCCCCC1CCC(CCc2ccc(-c3ccc(CCCC)cn3)c(F)c2)CC1. The van der Waals surface area contributed by atoms with Gasteiger partial charge in [0.15, 0.2) is 0 Å². The molecule has 0 atom stereocenters. The molecule has 0 amide bonds. The molecule has 182 valence electrons. The molecule has 3 rings (SSSR count). The molecule has 0 unspecified atom stereocenters. The minimum absolute atomic E-state index is 0.135. The smallest absolute Gasteiger partial charge is 0.132 e. The summed E-state index contributed by atoms with van der Waals surface area (Å²) >= 11 is 0. The second-order valence-corrected chi connectivity index (χ2v) is 10.5. The highest BCUT2D eigenvalue weighted by Crippen LogP contribution is 2.34. The van der Waals surface area contributed by atoms with Crippen molar-refractivity contribution in [1.29, 1.82) is 0 Å². The molecule has 1 aromatic carbocycles. The van der Waals surface area contributed by atoms with Crippen molar-refractivity contribution in [2.45, 2.75) is 117 Å². The Balaban J connectivity index is 1.38. The molecular weight excluding hydrogens is 405 g/mol. The summed E-state index contributed by atoms with van der Waals surface area (Å²) in [5.41, 5.74) is 3.73. The predicted octanol–water partition coefficient (Wildman–Crippen LogP) is 9.72. The van der Waals surface area contributed by atoms with Crippen molar-refractivity contribution < 1.29 is 4.39 Å². The summed E-state index contributed by atoms with van der Waals surface area (Å²) in [6.45, 7) is 4.48. The van der Waals surface area contributed by atoms with E-state index in [-0.39, 0.29) is 5.82 Å². The number of halogens is 1. The number of unbranched alkanes of at least 4 members (excludes halogenated alkanes) is 6. The van der Waals surface area contributed by atoms with Gasteiger partial charge < -0.3 is 0 Å². The number of hydrogen-bond acceptors (Lipinski definition) is 1. The standard InChI is InChI=1S/C31H46FN/c1-3-5-7-8-9-10-12-25-13-15-26(16-14-25)17-18-27-19-21-29(30(32)23-27)31-22-20-28(24-33-31)11-6-4-2/h19-26H,3-18H2,1-2H3. The van der Waals surface area contributed by atoms with Gasteiger partial charge in [0.2, 0.25) is 0 Å². The first-order valence-corrected chi connectivity index (χ1v) is 13.9.